The summed E-state index contributed by atoms with van der Waals surface area (Å²) in [4.78, 5) is 12.8. The van der Waals surface area contributed by atoms with Crippen molar-refractivity contribution in [2.75, 3.05) is 6.61 Å². The fourth-order valence-corrected chi connectivity index (χ4v) is 4.67. The lowest BCUT2D eigenvalue weighted by molar-refractivity contribution is -0.605. The first-order valence-corrected chi connectivity index (χ1v) is 12.7. The van der Waals surface area contributed by atoms with Gasteiger partial charge in [0, 0.05) is 12.0 Å². The van der Waals surface area contributed by atoms with E-state index in [4.69, 9.17) is 32.7 Å². The maximum Gasteiger partial charge on any atom is 0.387 e. The highest BCUT2D eigenvalue weighted by atomic mass is 35.5. The molecule has 0 saturated heterocycles. The van der Waals surface area contributed by atoms with Crippen LogP contribution in [0.15, 0.2) is 59.8 Å². The van der Waals surface area contributed by atoms with Crippen LogP contribution < -0.4 is 14.2 Å². The molecule has 0 N–H and O–H groups in total. The summed E-state index contributed by atoms with van der Waals surface area (Å²) in [6.07, 6.45) is 3.03. The molecule has 1 fully saturated rings. The van der Waals surface area contributed by atoms with Gasteiger partial charge in [-0.15, -0.1) is 0 Å². The number of rotatable bonds is 10. The summed E-state index contributed by atoms with van der Waals surface area (Å²) in [7, 11) is 0. The molecule has 1 atom stereocenters. The van der Waals surface area contributed by atoms with Crippen molar-refractivity contribution in [1.29, 1.82) is 0 Å². The highest BCUT2D eigenvalue weighted by molar-refractivity contribution is 8.13. The molecule has 0 unspecified atom stereocenters. The van der Waals surface area contributed by atoms with E-state index in [1.165, 1.54) is 36.4 Å². The largest absolute Gasteiger partial charge is 0.619 e. The van der Waals surface area contributed by atoms with Crippen LogP contribution in [0.5, 0.6) is 11.5 Å². The Kier molecular flexibility index (Phi) is 8.94. The number of nitrogens with zero attached hydrogens (tertiary/aromatic N) is 1. The molecule has 12 heteroatoms. The smallest absolute Gasteiger partial charge is 0.387 e. The first kappa shape index (κ1) is 27.2. The van der Waals surface area contributed by atoms with E-state index in [0.29, 0.717) is 40.1 Å². The first-order chi connectivity index (χ1) is 17.7. The van der Waals surface area contributed by atoms with Crippen LogP contribution in [0, 0.1) is 16.9 Å². The van der Waals surface area contributed by atoms with Gasteiger partial charge in [0.25, 0.3) is 0 Å². The minimum atomic E-state index is -3.07. The van der Waals surface area contributed by atoms with Crippen molar-refractivity contribution >= 4 is 40.3 Å². The van der Waals surface area contributed by atoms with Crippen LogP contribution in [0.4, 0.5) is 18.0 Å². The van der Waals surface area contributed by atoms with Crippen LogP contribution in [-0.2, 0) is 11.2 Å². The molecule has 0 amide bonds. The summed E-state index contributed by atoms with van der Waals surface area (Å²) in [6.45, 7) is -2.75. The van der Waals surface area contributed by atoms with Crippen LogP contribution in [-0.4, -0.2) is 18.5 Å². The molecule has 196 valence electrons. The average Bonchev–Trinajstić information content (AvgIpc) is 3.66. The second-order valence-corrected chi connectivity index (χ2v) is 10.0. The van der Waals surface area contributed by atoms with Gasteiger partial charge in [0.1, 0.15) is 22.0 Å². The molecule has 0 aliphatic heterocycles. The predicted molar refractivity (Wildman–Crippen MR) is 132 cm³/mol. The van der Waals surface area contributed by atoms with E-state index in [1.54, 1.807) is 6.07 Å². The number of carbonyl (C=O) groups excluding carboxylic acids is 1. The molecule has 1 saturated carbocycles. The van der Waals surface area contributed by atoms with Gasteiger partial charge in [0.15, 0.2) is 23.9 Å². The second-order valence-electron chi connectivity index (χ2n) is 8.22. The van der Waals surface area contributed by atoms with E-state index < -0.39 is 23.8 Å². The van der Waals surface area contributed by atoms with E-state index in [1.807, 2.05) is 0 Å². The molecule has 0 radical (unpaired) electrons. The Morgan fingerprint density at radius 1 is 1.11 bits per heavy atom. The maximum atomic E-state index is 14.1. The van der Waals surface area contributed by atoms with E-state index in [0.717, 1.165) is 25.2 Å². The molecule has 37 heavy (non-hydrogen) atoms. The van der Waals surface area contributed by atoms with Crippen LogP contribution in [0.1, 0.15) is 30.1 Å². The molecular weight excluding hydrogens is 554 g/mol. The van der Waals surface area contributed by atoms with Gasteiger partial charge in [-0.25, -0.2) is 9.18 Å². The molecule has 6 nitrogen and oxygen atoms in total. The Balaban J connectivity index is 1.65. The quantitative estimate of drug-likeness (QED) is 0.109. The van der Waals surface area contributed by atoms with Gasteiger partial charge in [-0.2, -0.15) is 13.5 Å². The van der Waals surface area contributed by atoms with Crippen LogP contribution in [0.25, 0.3) is 0 Å². The topological polar surface area (TPSA) is 71.7 Å². The van der Waals surface area contributed by atoms with Gasteiger partial charge >= 0.3 is 11.9 Å². The third kappa shape index (κ3) is 7.59. The Bertz CT molecular complexity index is 1260. The number of ether oxygens (including phenoxy) is 3. The van der Waals surface area contributed by atoms with Crippen molar-refractivity contribution in [2.45, 2.75) is 36.9 Å². The van der Waals surface area contributed by atoms with Gasteiger partial charge in [-0.1, -0.05) is 41.4 Å². The van der Waals surface area contributed by atoms with Crippen LogP contribution in [0.3, 0.4) is 0 Å². The first-order valence-electron chi connectivity index (χ1n) is 11.1. The predicted octanol–water partition coefficient (Wildman–Crippen LogP) is 7.37. The third-order valence-electron chi connectivity index (χ3n) is 5.44. The van der Waals surface area contributed by atoms with Gasteiger partial charge in [0.05, 0.1) is 11.5 Å². The molecule has 0 bridgehead atoms. The number of hydrogen-bond donors (Lipinski definition) is 0. The van der Waals surface area contributed by atoms with Crippen molar-refractivity contribution in [3.63, 3.8) is 0 Å². The van der Waals surface area contributed by atoms with Crippen molar-refractivity contribution in [2.24, 2.45) is 5.92 Å². The summed E-state index contributed by atoms with van der Waals surface area (Å²) < 4.78 is 56.4. The second kappa shape index (κ2) is 12.1. The summed E-state index contributed by atoms with van der Waals surface area (Å²) in [5, 5.41) is 10.9. The monoisotopic (exact) mass is 573 g/mol. The highest BCUT2D eigenvalue weighted by Gasteiger charge is 2.27. The van der Waals surface area contributed by atoms with Crippen LogP contribution in [0.2, 0.25) is 10.0 Å². The van der Waals surface area contributed by atoms with Crippen LogP contribution >= 0.6 is 35.0 Å². The Hall–Kier alpha value is -2.82. The molecule has 1 aromatic heterocycles. The van der Waals surface area contributed by atoms with Gasteiger partial charge < -0.3 is 19.4 Å². The molecule has 1 heterocycles. The van der Waals surface area contributed by atoms with Crippen molar-refractivity contribution in [1.82, 2.24) is 0 Å². The molecular formula is C25H20Cl2F3NO5S. The zero-order valence-corrected chi connectivity index (χ0v) is 21.4. The summed E-state index contributed by atoms with van der Waals surface area (Å²) in [5.41, 5.74) is 0.679. The number of pyridine rings is 1. The van der Waals surface area contributed by atoms with Gasteiger partial charge in [0.2, 0.25) is 0 Å². The maximum absolute atomic E-state index is 14.1. The molecule has 1 aliphatic carbocycles. The fourth-order valence-electron chi connectivity index (χ4n) is 3.42. The summed E-state index contributed by atoms with van der Waals surface area (Å²) in [6, 6.07) is 9.85. The zero-order valence-electron chi connectivity index (χ0n) is 19.0. The Morgan fingerprint density at radius 3 is 2.46 bits per heavy atom. The van der Waals surface area contributed by atoms with Gasteiger partial charge in [-0.05, 0) is 60.4 Å². The van der Waals surface area contributed by atoms with E-state index in [9.17, 15) is 23.2 Å². The molecule has 4 rings (SSSR count). The van der Waals surface area contributed by atoms with Crippen molar-refractivity contribution in [3.8, 4) is 11.5 Å². The number of benzene rings is 2. The number of alkyl halides is 2. The van der Waals surface area contributed by atoms with E-state index in [-0.39, 0.29) is 32.9 Å². The number of thioether (sulfide) groups is 1. The molecule has 0 spiro atoms. The van der Waals surface area contributed by atoms with Crippen molar-refractivity contribution < 1.29 is 36.9 Å². The number of aromatic nitrogens is 1. The summed E-state index contributed by atoms with van der Waals surface area (Å²) in [5.74, 6) is -0.391. The minimum absolute atomic E-state index is 0.0353. The molecule has 2 aromatic carbocycles. The Morgan fingerprint density at radius 2 is 1.81 bits per heavy atom. The highest BCUT2D eigenvalue weighted by Crippen LogP contribution is 2.38. The van der Waals surface area contributed by atoms with Gasteiger partial charge in [-0.3, -0.25) is 0 Å². The Labute approximate surface area is 224 Å². The standard InChI is InChI=1S/C25H20Cl2F3NO5S/c26-17-11-31(33)12-18(27)16(17)10-21(36-25(32)37-23-4-2-1-3-19(23)28)15-7-8-20(35-24(29)30)22(9-15)34-13-14-5-6-14/h1-4,7-9,11-12,14,21,24H,5-6,10,13H2/t21-/m0/s1. The van der Waals surface area contributed by atoms with E-state index in [2.05, 4.69) is 4.74 Å². The average molecular weight is 574 g/mol. The summed E-state index contributed by atoms with van der Waals surface area (Å²) >= 11 is 13.0. The number of carbonyl (C=O) groups is 1. The number of halogens is 5. The lowest BCUT2D eigenvalue weighted by Gasteiger charge is -2.21. The van der Waals surface area contributed by atoms with Crippen molar-refractivity contribution in [3.05, 3.63) is 87.1 Å². The zero-order chi connectivity index (χ0) is 26.5. The minimum Gasteiger partial charge on any atom is -0.619 e. The third-order valence-corrected chi connectivity index (χ3v) is 6.91. The fraction of sp³-hybridized carbons (Fsp3) is 0.280. The lowest BCUT2D eigenvalue weighted by atomic mass is 10.0. The number of hydrogen-bond acceptors (Lipinski definition) is 6. The molecule has 1 aliphatic rings. The van der Waals surface area contributed by atoms with E-state index >= 15 is 0 Å². The SMILES string of the molecule is O=C(O[C@@H](Cc1c(Cl)c[n+]([O-])cc1Cl)c1ccc(OC(F)F)c(OCC2CC2)c1)Sc1ccccc1F. The normalized spacial score (nSPS) is 13.9. The lowest BCUT2D eigenvalue weighted by Crippen LogP contribution is -2.25. The molecule has 3 aromatic rings.